The van der Waals surface area contributed by atoms with Crippen LogP contribution in [0.15, 0.2) is 52.0 Å². The smallest absolute Gasteiger partial charge is 0.289 e. The molecule has 6 nitrogen and oxygen atoms in total. The summed E-state index contributed by atoms with van der Waals surface area (Å²) in [4.78, 5) is 30.3. The summed E-state index contributed by atoms with van der Waals surface area (Å²) in [5.74, 6) is 1.18. The van der Waals surface area contributed by atoms with E-state index in [0.29, 0.717) is 37.7 Å². The lowest BCUT2D eigenvalue weighted by Gasteiger charge is -2.40. The zero-order valence-corrected chi connectivity index (χ0v) is 16.6. The number of carbonyl (C=O) groups excluding carboxylic acids is 2. The minimum Gasteiger partial charge on any atom is -0.459 e. The van der Waals surface area contributed by atoms with Crippen molar-refractivity contribution in [2.75, 3.05) is 32.7 Å². The van der Waals surface area contributed by atoms with Gasteiger partial charge in [-0.05, 0) is 31.0 Å². The molecule has 1 aromatic carbocycles. The zero-order chi connectivity index (χ0) is 19.3. The SMILES string of the molecule is O=C(c1occc1CSc1ccccc1)N1CCCC(N2CCNCC2=O)C1. The van der Waals surface area contributed by atoms with Crippen LogP contribution >= 0.6 is 11.8 Å². The van der Waals surface area contributed by atoms with Crippen LogP contribution in [-0.4, -0.2) is 60.4 Å². The van der Waals surface area contributed by atoms with Crippen molar-refractivity contribution in [3.8, 4) is 0 Å². The highest BCUT2D eigenvalue weighted by Gasteiger charge is 2.33. The molecule has 148 valence electrons. The molecule has 0 spiro atoms. The predicted molar refractivity (Wildman–Crippen MR) is 108 cm³/mol. The first-order valence-electron chi connectivity index (χ1n) is 9.76. The molecule has 4 rings (SSSR count). The first-order valence-corrected chi connectivity index (χ1v) is 10.7. The minimum atomic E-state index is -0.0686. The third-order valence-electron chi connectivity index (χ3n) is 5.33. The average molecular weight is 400 g/mol. The largest absolute Gasteiger partial charge is 0.459 e. The number of likely N-dealkylation sites (tertiary alicyclic amines) is 1. The summed E-state index contributed by atoms with van der Waals surface area (Å²) >= 11 is 1.69. The molecule has 2 fully saturated rings. The molecule has 0 radical (unpaired) electrons. The van der Waals surface area contributed by atoms with Gasteiger partial charge in [0.05, 0.1) is 12.8 Å². The Morgan fingerprint density at radius 2 is 2.07 bits per heavy atom. The summed E-state index contributed by atoms with van der Waals surface area (Å²) < 4.78 is 5.57. The molecule has 2 aliphatic heterocycles. The molecule has 2 aliphatic rings. The van der Waals surface area contributed by atoms with E-state index in [9.17, 15) is 9.59 Å². The van der Waals surface area contributed by atoms with Gasteiger partial charge in [-0.3, -0.25) is 9.59 Å². The van der Waals surface area contributed by atoms with Crippen LogP contribution in [0.3, 0.4) is 0 Å². The molecule has 7 heteroatoms. The van der Waals surface area contributed by atoms with Crippen molar-refractivity contribution in [3.63, 3.8) is 0 Å². The van der Waals surface area contributed by atoms with Crippen LogP contribution in [0.5, 0.6) is 0 Å². The van der Waals surface area contributed by atoms with Crippen molar-refractivity contribution < 1.29 is 14.0 Å². The number of furan rings is 1. The van der Waals surface area contributed by atoms with Gasteiger partial charge in [0.15, 0.2) is 5.76 Å². The van der Waals surface area contributed by atoms with Crippen LogP contribution in [-0.2, 0) is 10.5 Å². The van der Waals surface area contributed by atoms with Crippen LogP contribution in [0.1, 0.15) is 29.0 Å². The Balaban J connectivity index is 1.41. The van der Waals surface area contributed by atoms with Crippen molar-refractivity contribution in [2.24, 2.45) is 0 Å². The number of thioether (sulfide) groups is 1. The van der Waals surface area contributed by atoms with E-state index in [1.165, 1.54) is 0 Å². The summed E-state index contributed by atoms with van der Waals surface area (Å²) in [7, 11) is 0. The Hall–Kier alpha value is -2.25. The van der Waals surface area contributed by atoms with Crippen molar-refractivity contribution in [1.29, 1.82) is 0 Å². The molecule has 1 unspecified atom stereocenters. The van der Waals surface area contributed by atoms with Gasteiger partial charge in [-0.15, -0.1) is 11.8 Å². The average Bonchev–Trinajstić information content (AvgIpc) is 3.21. The molecule has 1 N–H and O–H groups in total. The maximum absolute atomic E-state index is 13.1. The monoisotopic (exact) mass is 399 g/mol. The molecular weight excluding hydrogens is 374 g/mol. The van der Waals surface area contributed by atoms with Crippen molar-refractivity contribution in [1.82, 2.24) is 15.1 Å². The maximum atomic E-state index is 13.1. The fourth-order valence-corrected chi connectivity index (χ4v) is 4.76. The Labute approximate surface area is 169 Å². The van der Waals surface area contributed by atoms with Crippen molar-refractivity contribution >= 4 is 23.6 Å². The lowest BCUT2D eigenvalue weighted by atomic mass is 10.0. The third kappa shape index (κ3) is 4.25. The zero-order valence-electron chi connectivity index (χ0n) is 15.8. The van der Waals surface area contributed by atoms with Gasteiger partial charge in [-0.1, -0.05) is 18.2 Å². The quantitative estimate of drug-likeness (QED) is 0.783. The number of nitrogens with one attached hydrogen (secondary N) is 1. The van der Waals surface area contributed by atoms with E-state index >= 15 is 0 Å². The molecule has 0 bridgehead atoms. The summed E-state index contributed by atoms with van der Waals surface area (Å²) in [5, 5.41) is 3.11. The van der Waals surface area contributed by atoms with Crippen LogP contribution in [0.25, 0.3) is 0 Å². The number of hydrogen-bond donors (Lipinski definition) is 1. The topological polar surface area (TPSA) is 65.8 Å². The van der Waals surface area contributed by atoms with E-state index in [-0.39, 0.29) is 17.9 Å². The fourth-order valence-electron chi connectivity index (χ4n) is 3.86. The van der Waals surface area contributed by atoms with E-state index in [1.54, 1.807) is 18.0 Å². The molecule has 0 aliphatic carbocycles. The van der Waals surface area contributed by atoms with Crippen LogP contribution in [0, 0.1) is 0 Å². The second-order valence-corrected chi connectivity index (χ2v) is 8.24. The number of rotatable bonds is 5. The van der Waals surface area contributed by atoms with Crippen LogP contribution in [0.4, 0.5) is 0 Å². The lowest BCUT2D eigenvalue weighted by molar-refractivity contribution is -0.135. The van der Waals surface area contributed by atoms with Crippen LogP contribution in [0.2, 0.25) is 0 Å². The second kappa shape index (κ2) is 8.84. The number of hydrogen-bond acceptors (Lipinski definition) is 5. The molecule has 2 saturated heterocycles. The highest BCUT2D eigenvalue weighted by atomic mass is 32.2. The molecule has 0 saturated carbocycles. The summed E-state index contributed by atoms with van der Waals surface area (Å²) in [6.45, 7) is 3.21. The first-order chi connectivity index (χ1) is 13.7. The van der Waals surface area contributed by atoms with Gasteiger partial charge in [0.2, 0.25) is 5.91 Å². The summed E-state index contributed by atoms with van der Waals surface area (Å²) in [6.07, 6.45) is 3.45. The Morgan fingerprint density at radius 1 is 1.21 bits per heavy atom. The summed E-state index contributed by atoms with van der Waals surface area (Å²) in [5.41, 5.74) is 0.916. The van der Waals surface area contributed by atoms with E-state index in [2.05, 4.69) is 17.4 Å². The molecule has 28 heavy (non-hydrogen) atoms. The molecule has 3 heterocycles. The van der Waals surface area contributed by atoms with Gasteiger partial charge in [0.1, 0.15) is 0 Å². The van der Waals surface area contributed by atoms with E-state index in [1.807, 2.05) is 34.1 Å². The number of carbonyl (C=O) groups is 2. The van der Waals surface area contributed by atoms with E-state index in [0.717, 1.165) is 29.8 Å². The number of piperazine rings is 1. The van der Waals surface area contributed by atoms with Gasteiger partial charge in [0, 0.05) is 48.4 Å². The van der Waals surface area contributed by atoms with Gasteiger partial charge in [-0.25, -0.2) is 0 Å². The molecule has 1 aromatic heterocycles. The molecule has 1 atom stereocenters. The third-order valence-corrected chi connectivity index (χ3v) is 6.39. The van der Waals surface area contributed by atoms with Crippen LogP contribution < -0.4 is 5.32 Å². The fraction of sp³-hybridized carbons (Fsp3) is 0.429. The molecule has 2 amide bonds. The van der Waals surface area contributed by atoms with Crippen molar-refractivity contribution in [2.45, 2.75) is 29.5 Å². The summed E-state index contributed by atoms with van der Waals surface area (Å²) in [6, 6.07) is 12.1. The Bertz CT molecular complexity index is 823. The van der Waals surface area contributed by atoms with E-state index in [4.69, 9.17) is 4.42 Å². The highest BCUT2D eigenvalue weighted by Crippen LogP contribution is 2.26. The molecule has 2 aromatic rings. The number of benzene rings is 1. The number of amides is 2. The normalized spacial score (nSPS) is 20.4. The minimum absolute atomic E-state index is 0.0686. The Kier molecular flexibility index (Phi) is 6.02. The second-order valence-electron chi connectivity index (χ2n) is 7.19. The molecular formula is C21H25N3O3S. The standard InChI is InChI=1S/C21H25N3O3S/c25-19-13-22-9-11-24(19)17-5-4-10-23(14-17)21(26)20-16(8-12-27-20)15-28-18-6-2-1-3-7-18/h1-3,6-8,12,17,22H,4-5,9-11,13-15H2. The van der Waals surface area contributed by atoms with Gasteiger partial charge in [0.25, 0.3) is 5.91 Å². The number of piperidine rings is 1. The lowest BCUT2D eigenvalue weighted by Crippen LogP contribution is -2.57. The Morgan fingerprint density at radius 3 is 2.89 bits per heavy atom. The first kappa shape index (κ1) is 19.1. The van der Waals surface area contributed by atoms with E-state index < -0.39 is 0 Å². The van der Waals surface area contributed by atoms with Gasteiger partial charge in [-0.2, -0.15) is 0 Å². The van der Waals surface area contributed by atoms with Gasteiger partial charge < -0.3 is 19.5 Å². The maximum Gasteiger partial charge on any atom is 0.289 e. The van der Waals surface area contributed by atoms with Crippen molar-refractivity contribution in [3.05, 3.63) is 54.0 Å². The predicted octanol–water partition coefficient (Wildman–Crippen LogP) is 2.61. The van der Waals surface area contributed by atoms with Gasteiger partial charge >= 0.3 is 0 Å². The highest BCUT2D eigenvalue weighted by molar-refractivity contribution is 7.98. The number of nitrogens with zero attached hydrogens (tertiary/aromatic N) is 2.